The normalized spacial score (nSPS) is 12.4. The van der Waals surface area contributed by atoms with E-state index in [2.05, 4.69) is 27.7 Å². The first-order valence-corrected chi connectivity index (χ1v) is 24.9. The van der Waals surface area contributed by atoms with E-state index in [1.807, 2.05) is 0 Å². The van der Waals surface area contributed by atoms with Crippen LogP contribution >= 0.6 is 0 Å². The molecule has 0 aliphatic heterocycles. The molecule has 0 aliphatic rings. The monoisotopic (exact) mass is 793 g/mol. The molecule has 6 nitrogen and oxygen atoms in total. The molecule has 0 aromatic rings. The average Bonchev–Trinajstić information content (AvgIpc) is 3.19. The number of ether oxygens (including phenoxy) is 3. The van der Waals surface area contributed by atoms with Gasteiger partial charge in [0.2, 0.25) is 0 Å². The van der Waals surface area contributed by atoms with Gasteiger partial charge in [0.1, 0.15) is 13.2 Å². The Morgan fingerprint density at radius 3 is 0.929 bits per heavy atom. The van der Waals surface area contributed by atoms with E-state index in [0.717, 1.165) is 70.1 Å². The third-order valence-electron chi connectivity index (χ3n) is 11.7. The summed E-state index contributed by atoms with van der Waals surface area (Å²) in [6.07, 6.45) is 45.4. The van der Waals surface area contributed by atoms with Crippen molar-refractivity contribution in [2.75, 3.05) is 13.2 Å². The molecule has 6 heteroatoms. The third-order valence-corrected chi connectivity index (χ3v) is 11.7. The fraction of sp³-hybridized carbons (Fsp3) is 0.940. The summed E-state index contributed by atoms with van der Waals surface area (Å²) in [5.74, 6) is 0.0330. The summed E-state index contributed by atoms with van der Waals surface area (Å²) in [5.41, 5.74) is 0. The van der Waals surface area contributed by atoms with Crippen LogP contribution in [-0.2, 0) is 28.6 Å². The van der Waals surface area contributed by atoms with Gasteiger partial charge >= 0.3 is 17.9 Å². The van der Waals surface area contributed by atoms with Crippen LogP contribution in [0.3, 0.4) is 0 Å². The predicted molar refractivity (Wildman–Crippen MR) is 238 cm³/mol. The Balaban J connectivity index is 4.13. The molecule has 332 valence electrons. The van der Waals surface area contributed by atoms with E-state index in [4.69, 9.17) is 14.2 Å². The van der Waals surface area contributed by atoms with Crippen molar-refractivity contribution in [1.29, 1.82) is 0 Å². The van der Waals surface area contributed by atoms with Crippen molar-refractivity contribution in [3.8, 4) is 0 Å². The van der Waals surface area contributed by atoms with Gasteiger partial charge in [0.25, 0.3) is 0 Å². The highest BCUT2D eigenvalue weighted by Crippen LogP contribution is 2.17. The lowest BCUT2D eigenvalue weighted by Crippen LogP contribution is -2.30. The second-order valence-corrected chi connectivity index (χ2v) is 17.3. The zero-order valence-electron chi connectivity index (χ0n) is 38.1. The summed E-state index contributed by atoms with van der Waals surface area (Å²) in [5, 5.41) is 0. The fourth-order valence-electron chi connectivity index (χ4n) is 7.48. The quantitative estimate of drug-likeness (QED) is 0.0347. The van der Waals surface area contributed by atoms with Gasteiger partial charge in [-0.25, -0.2) is 0 Å². The first kappa shape index (κ1) is 54.4. The van der Waals surface area contributed by atoms with E-state index >= 15 is 0 Å². The Hall–Kier alpha value is -1.59. The number of carbonyl (C=O) groups is 3. The van der Waals surface area contributed by atoms with Crippen LogP contribution in [0.25, 0.3) is 0 Å². The Bertz CT molecular complexity index is 843. The zero-order valence-corrected chi connectivity index (χ0v) is 38.1. The van der Waals surface area contributed by atoms with Gasteiger partial charge < -0.3 is 14.2 Å². The Labute approximate surface area is 348 Å². The van der Waals surface area contributed by atoms with Crippen molar-refractivity contribution in [2.24, 2.45) is 5.92 Å². The fourth-order valence-corrected chi connectivity index (χ4v) is 7.48. The van der Waals surface area contributed by atoms with Gasteiger partial charge in [-0.15, -0.1) is 0 Å². The summed E-state index contributed by atoms with van der Waals surface area (Å²) in [7, 11) is 0. The van der Waals surface area contributed by atoms with Gasteiger partial charge in [-0.3, -0.25) is 14.4 Å². The van der Waals surface area contributed by atoms with Gasteiger partial charge in [-0.05, 0) is 25.2 Å². The highest BCUT2D eigenvalue weighted by atomic mass is 16.6. The highest BCUT2D eigenvalue weighted by molar-refractivity contribution is 5.71. The van der Waals surface area contributed by atoms with E-state index in [0.29, 0.717) is 19.3 Å². The molecule has 0 saturated heterocycles. The summed E-state index contributed by atoms with van der Waals surface area (Å²) < 4.78 is 16.7. The molecule has 0 aliphatic carbocycles. The zero-order chi connectivity index (χ0) is 41.0. The molecule has 0 amide bonds. The number of carbonyl (C=O) groups excluding carboxylic acids is 3. The maximum atomic E-state index is 12.7. The Morgan fingerprint density at radius 2 is 0.625 bits per heavy atom. The molecule has 0 radical (unpaired) electrons. The largest absolute Gasteiger partial charge is 0.462 e. The van der Waals surface area contributed by atoms with Crippen LogP contribution in [0.5, 0.6) is 0 Å². The first-order chi connectivity index (χ1) is 27.4. The average molecular weight is 793 g/mol. The Morgan fingerprint density at radius 1 is 0.357 bits per heavy atom. The van der Waals surface area contributed by atoms with Crippen molar-refractivity contribution in [3.63, 3.8) is 0 Å². The van der Waals surface area contributed by atoms with Gasteiger partial charge in [0, 0.05) is 19.3 Å². The lowest BCUT2D eigenvalue weighted by Gasteiger charge is -2.18. The molecule has 0 aromatic carbocycles. The minimum Gasteiger partial charge on any atom is -0.462 e. The molecular weight excluding hydrogens is 697 g/mol. The highest BCUT2D eigenvalue weighted by Gasteiger charge is 2.19. The number of unbranched alkanes of at least 4 members (excludes halogenated alkanes) is 31. The van der Waals surface area contributed by atoms with Crippen LogP contribution in [0.1, 0.15) is 278 Å². The maximum Gasteiger partial charge on any atom is 0.306 e. The minimum atomic E-state index is -0.758. The van der Waals surface area contributed by atoms with Crippen LogP contribution in [0.15, 0.2) is 0 Å². The summed E-state index contributed by atoms with van der Waals surface area (Å²) in [4.78, 5) is 37.6. The van der Waals surface area contributed by atoms with Crippen molar-refractivity contribution in [1.82, 2.24) is 0 Å². The van der Waals surface area contributed by atoms with Crippen LogP contribution in [0.4, 0.5) is 0 Å². The number of esters is 3. The molecule has 0 aromatic heterocycles. The van der Waals surface area contributed by atoms with Crippen molar-refractivity contribution in [3.05, 3.63) is 0 Å². The summed E-state index contributed by atoms with van der Waals surface area (Å²) >= 11 is 0. The molecule has 2 atom stereocenters. The Kier molecular flexibility index (Phi) is 43.2. The van der Waals surface area contributed by atoms with E-state index < -0.39 is 6.10 Å². The molecule has 0 heterocycles. The summed E-state index contributed by atoms with van der Waals surface area (Å²) in [6, 6.07) is 0. The van der Waals surface area contributed by atoms with Crippen LogP contribution in [0.2, 0.25) is 0 Å². The van der Waals surface area contributed by atoms with E-state index in [9.17, 15) is 14.4 Å². The molecule has 0 rings (SSSR count). The topological polar surface area (TPSA) is 78.9 Å². The van der Waals surface area contributed by atoms with Gasteiger partial charge in [0.05, 0.1) is 0 Å². The third kappa shape index (κ3) is 42.0. The SMILES string of the molecule is CCCCCCCCCCCCCCCCCC(=O)OC[C@@H](COC(=O)CCCCCCC)OC(=O)CCCCCCCCCCCCCCCCC(C)CC. The number of hydrogen-bond donors (Lipinski definition) is 0. The lowest BCUT2D eigenvalue weighted by atomic mass is 9.99. The van der Waals surface area contributed by atoms with E-state index in [1.165, 1.54) is 167 Å². The molecule has 1 unspecified atom stereocenters. The lowest BCUT2D eigenvalue weighted by molar-refractivity contribution is -0.167. The van der Waals surface area contributed by atoms with Crippen molar-refractivity contribution in [2.45, 2.75) is 284 Å². The van der Waals surface area contributed by atoms with Gasteiger partial charge in [-0.2, -0.15) is 0 Å². The van der Waals surface area contributed by atoms with Gasteiger partial charge in [0.15, 0.2) is 6.10 Å². The standard InChI is InChI=1S/C50H96O6/c1-5-8-10-12-13-14-15-16-17-21-24-27-30-34-38-42-49(52)55-45-47(44-54-48(51)41-37-32-11-9-6-2)56-50(53)43-39-35-31-28-25-22-19-18-20-23-26-29-33-36-40-46(4)7-3/h46-47H,5-45H2,1-4H3/t46?,47-/m1/s1. The molecule has 56 heavy (non-hydrogen) atoms. The summed E-state index contributed by atoms with van der Waals surface area (Å²) in [6.45, 7) is 8.98. The molecule has 0 N–H and O–H groups in total. The second-order valence-electron chi connectivity index (χ2n) is 17.3. The predicted octanol–water partition coefficient (Wildman–Crippen LogP) is 15.9. The maximum absolute atomic E-state index is 12.7. The molecule has 0 fully saturated rings. The van der Waals surface area contributed by atoms with Gasteiger partial charge in [-0.1, -0.05) is 240 Å². The molecule has 0 spiro atoms. The smallest absolute Gasteiger partial charge is 0.306 e. The van der Waals surface area contributed by atoms with Crippen LogP contribution < -0.4 is 0 Å². The van der Waals surface area contributed by atoms with E-state index in [-0.39, 0.29) is 31.1 Å². The molecule has 0 bridgehead atoms. The molecule has 0 saturated carbocycles. The minimum absolute atomic E-state index is 0.0640. The van der Waals surface area contributed by atoms with Crippen molar-refractivity contribution < 1.29 is 28.6 Å². The number of rotatable bonds is 45. The first-order valence-electron chi connectivity index (χ1n) is 24.9. The van der Waals surface area contributed by atoms with Crippen LogP contribution in [0, 0.1) is 5.92 Å². The van der Waals surface area contributed by atoms with E-state index in [1.54, 1.807) is 0 Å². The van der Waals surface area contributed by atoms with Crippen LogP contribution in [-0.4, -0.2) is 37.2 Å². The molecular formula is C50H96O6. The second kappa shape index (κ2) is 44.5. The van der Waals surface area contributed by atoms with Crippen molar-refractivity contribution >= 4 is 17.9 Å². The number of hydrogen-bond acceptors (Lipinski definition) is 6.